The Balaban J connectivity index is 1.78. The molecule has 1 aromatic heterocycles. The molecular weight excluding hydrogens is 258 g/mol. The van der Waals surface area contributed by atoms with E-state index in [4.69, 9.17) is 10.6 Å². The average Bonchev–Trinajstić information content (AvgIpc) is 2.60. The van der Waals surface area contributed by atoms with Crippen molar-refractivity contribution in [3.05, 3.63) is 30.1 Å². The number of pyridine rings is 1. The van der Waals surface area contributed by atoms with E-state index in [1.54, 1.807) is 12.4 Å². The number of nitrogens with two attached hydrogens (primary N) is 1. The minimum absolute atomic E-state index is 0.0982. The summed E-state index contributed by atoms with van der Waals surface area (Å²) in [6.45, 7) is 0.275. The molecule has 1 saturated heterocycles. The van der Waals surface area contributed by atoms with Crippen LogP contribution in [0.15, 0.2) is 24.5 Å². The summed E-state index contributed by atoms with van der Waals surface area (Å²) in [5, 5.41) is 1.14. The van der Waals surface area contributed by atoms with Crippen molar-refractivity contribution < 1.29 is 14.3 Å². The lowest BCUT2D eigenvalue weighted by Gasteiger charge is -2.20. The summed E-state index contributed by atoms with van der Waals surface area (Å²) >= 11 is 0. The number of hydrogen-bond acceptors (Lipinski definition) is 5. The molecule has 1 unspecified atom stereocenters. The molecule has 20 heavy (non-hydrogen) atoms. The van der Waals surface area contributed by atoms with Crippen LogP contribution in [0.1, 0.15) is 31.2 Å². The van der Waals surface area contributed by atoms with Crippen LogP contribution in [-0.4, -0.2) is 34.5 Å². The minimum atomic E-state index is -0.298. The summed E-state index contributed by atoms with van der Waals surface area (Å²) < 4.78 is 5.38. The van der Waals surface area contributed by atoms with E-state index in [1.165, 1.54) is 0 Å². The topological polar surface area (TPSA) is 85.5 Å². The fraction of sp³-hybridized carbons (Fsp3) is 0.500. The van der Waals surface area contributed by atoms with Gasteiger partial charge in [-0.1, -0.05) is 6.07 Å². The zero-order valence-electron chi connectivity index (χ0n) is 11.3. The molecule has 2 rings (SSSR count). The van der Waals surface area contributed by atoms with Gasteiger partial charge in [0, 0.05) is 25.2 Å². The maximum atomic E-state index is 11.8. The van der Waals surface area contributed by atoms with Crippen LogP contribution in [-0.2, 0) is 20.7 Å². The number of rotatable bonds is 4. The van der Waals surface area contributed by atoms with Gasteiger partial charge in [0.25, 0.3) is 0 Å². The fourth-order valence-corrected chi connectivity index (χ4v) is 2.17. The first-order valence-electron chi connectivity index (χ1n) is 6.78. The van der Waals surface area contributed by atoms with E-state index >= 15 is 0 Å². The average molecular weight is 277 g/mol. The number of aryl methyl sites for hydroxylation is 1. The molecule has 0 saturated carbocycles. The first-order chi connectivity index (χ1) is 9.65. The molecule has 108 valence electrons. The molecule has 1 atom stereocenters. The number of amides is 1. The summed E-state index contributed by atoms with van der Waals surface area (Å²) in [4.78, 5) is 27.2. The van der Waals surface area contributed by atoms with Crippen LogP contribution < -0.4 is 5.84 Å². The highest BCUT2D eigenvalue weighted by Crippen LogP contribution is 2.13. The van der Waals surface area contributed by atoms with Gasteiger partial charge in [-0.3, -0.25) is 19.6 Å². The Morgan fingerprint density at radius 3 is 3.15 bits per heavy atom. The summed E-state index contributed by atoms with van der Waals surface area (Å²) in [6.07, 6.45) is 5.84. The van der Waals surface area contributed by atoms with E-state index < -0.39 is 0 Å². The zero-order valence-corrected chi connectivity index (χ0v) is 11.3. The van der Waals surface area contributed by atoms with E-state index in [0.29, 0.717) is 32.1 Å². The number of nitrogens with zero attached hydrogens (tertiary/aromatic N) is 2. The minimum Gasteiger partial charge on any atom is -0.460 e. The Hall–Kier alpha value is -1.95. The van der Waals surface area contributed by atoms with Gasteiger partial charge in [-0.05, 0) is 30.9 Å². The van der Waals surface area contributed by atoms with Crippen molar-refractivity contribution in [3.63, 3.8) is 0 Å². The molecule has 1 aromatic rings. The molecule has 0 aromatic carbocycles. The lowest BCUT2D eigenvalue weighted by atomic mass is 10.1. The lowest BCUT2D eigenvalue weighted by Crippen LogP contribution is -2.41. The summed E-state index contributed by atoms with van der Waals surface area (Å²) in [7, 11) is 0. The molecule has 1 aliphatic heterocycles. The summed E-state index contributed by atoms with van der Waals surface area (Å²) in [5.41, 5.74) is 1.00. The number of carbonyl (C=O) groups is 2. The number of hydrogen-bond donors (Lipinski definition) is 1. The Morgan fingerprint density at radius 1 is 1.55 bits per heavy atom. The van der Waals surface area contributed by atoms with Gasteiger partial charge in [-0.2, -0.15) is 0 Å². The van der Waals surface area contributed by atoms with Crippen molar-refractivity contribution in [3.8, 4) is 0 Å². The fourth-order valence-electron chi connectivity index (χ4n) is 2.17. The SMILES string of the molecule is NN1CC(OC(=O)CCc2cccnc2)CCCC1=O. The molecule has 1 aliphatic rings. The smallest absolute Gasteiger partial charge is 0.306 e. The number of carbonyl (C=O) groups excluding carboxylic acids is 2. The lowest BCUT2D eigenvalue weighted by molar-refractivity contribution is -0.151. The number of esters is 1. The van der Waals surface area contributed by atoms with Crippen LogP contribution in [0.25, 0.3) is 0 Å². The van der Waals surface area contributed by atoms with Crippen LogP contribution in [0.4, 0.5) is 0 Å². The summed E-state index contributed by atoms with van der Waals surface area (Å²) in [5.74, 6) is 5.23. The monoisotopic (exact) mass is 277 g/mol. The second kappa shape index (κ2) is 7.00. The molecule has 0 bridgehead atoms. The van der Waals surface area contributed by atoms with Crippen molar-refractivity contribution in [2.75, 3.05) is 6.54 Å². The van der Waals surface area contributed by atoms with Crippen molar-refractivity contribution in [1.82, 2.24) is 9.99 Å². The highest BCUT2D eigenvalue weighted by molar-refractivity contribution is 5.76. The largest absolute Gasteiger partial charge is 0.460 e. The Kier molecular flexibility index (Phi) is 5.06. The van der Waals surface area contributed by atoms with Gasteiger partial charge in [0.05, 0.1) is 6.54 Å². The number of ether oxygens (including phenoxy) is 1. The number of aromatic nitrogens is 1. The first-order valence-corrected chi connectivity index (χ1v) is 6.78. The van der Waals surface area contributed by atoms with Gasteiger partial charge < -0.3 is 4.74 Å². The molecule has 2 heterocycles. The van der Waals surface area contributed by atoms with Crippen LogP contribution in [0.3, 0.4) is 0 Å². The molecule has 6 nitrogen and oxygen atoms in total. The van der Waals surface area contributed by atoms with E-state index in [2.05, 4.69) is 4.98 Å². The van der Waals surface area contributed by atoms with Gasteiger partial charge in [0.15, 0.2) is 0 Å². The highest BCUT2D eigenvalue weighted by Gasteiger charge is 2.23. The maximum Gasteiger partial charge on any atom is 0.306 e. The molecule has 1 amide bonds. The molecule has 0 aliphatic carbocycles. The van der Waals surface area contributed by atoms with Crippen molar-refractivity contribution >= 4 is 11.9 Å². The van der Waals surface area contributed by atoms with Crippen LogP contribution in [0.5, 0.6) is 0 Å². The normalized spacial score (nSPS) is 19.6. The maximum absolute atomic E-state index is 11.8. The standard InChI is InChI=1S/C14H19N3O3/c15-17-10-12(4-1-5-13(17)18)20-14(19)7-6-11-3-2-8-16-9-11/h2-3,8-9,12H,1,4-7,10,15H2. The Morgan fingerprint density at radius 2 is 2.40 bits per heavy atom. The van der Waals surface area contributed by atoms with Gasteiger partial charge in [0.1, 0.15) is 6.10 Å². The molecule has 1 fully saturated rings. The third-order valence-electron chi connectivity index (χ3n) is 3.28. The highest BCUT2D eigenvalue weighted by atomic mass is 16.5. The second-order valence-corrected chi connectivity index (χ2v) is 4.91. The third-order valence-corrected chi connectivity index (χ3v) is 3.28. The Labute approximate surface area is 117 Å². The second-order valence-electron chi connectivity index (χ2n) is 4.91. The Bertz CT molecular complexity index is 464. The van der Waals surface area contributed by atoms with Crippen LogP contribution >= 0.6 is 0 Å². The van der Waals surface area contributed by atoms with Gasteiger partial charge in [-0.25, -0.2) is 5.84 Å². The van der Waals surface area contributed by atoms with E-state index in [0.717, 1.165) is 10.6 Å². The molecule has 2 N–H and O–H groups in total. The van der Waals surface area contributed by atoms with Crippen LogP contribution in [0.2, 0.25) is 0 Å². The van der Waals surface area contributed by atoms with Gasteiger partial charge in [0.2, 0.25) is 5.91 Å². The third kappa shape index (κ3) is 4.31. The van der Waals surface area contributed by atoms with E-state index in [9.17, 15) is 9.59 Å². The molecule has 0 radical (unpaired) electrons. The zero-order chi connectivity index (χ0) is 14.4. The summed E-state index contributed by atoms with van der Waals surface area (Å²) in [6, 6.07) is 3.76. The van der Waals surface area contributed by atoms with Crippen molar-refractivity contribution in [2.45, 2.75) is 38.2 Å². The van der Waals surface area contributed by atoms with Gasteiger partial charge in [-0.15, -0.1) is 0 Å². The first kappa shape index (κ1) is 14.5. The molecule has 0 spiro atoms. The predicted octanol–water partition coefficient (Wildman–Crippen LogP) is 0.812. The van der Waals surface area contributed by atoms with Crippen molar-refractivity contribution in [1.29, 1.82) is 0 Å². The van der Waals surface area contributed by atoms with Gasteiger partial charge >= 0.3 is 5.97 Å². The van der Waals surface area contributed by atoms with E-state index in [-0.39, 0.29) is 24.5 Å². The van der Waals surface area contributed by atoms with E-state index in [1.807, 2.05) is 12.1 Å². The molecular formula is C14H19N3O3. The quantitative estimate of drug-likeness (QED) is 0.500. The molecule has 6 heteroatoms. The van der Waals surface area contributed by atoms with Crippen LogP contribution in [0, 0.1) is 0 Å². The predicted molar refractivity (Wildman–Crippen MR) is 72.2 cm³/mol. The number of hydrazine groups is 1. The van der Waals surface area contributed by atoms with Crippen molar-refractivity contribution in [2.24, 2.45) is 5.84 Å².